The number of carbonyl (C=O) groups is 2. The number of aryl methyl sites for hydroxylation is 2. The van der Waals surface area contributed by atoms with Crippen LogP contribution in [0.25, 0.3) is 0 Å². The van der Waals surface area contributed by atoms with Gasteiger partial charge < -0.3 is 5.32 Å². The molecule has 1 amide bonds. The van der Waals surface area contributed by atoms with Crippen molar-refractivity contribution in [1.82, 2.24) is 5.32 Å². The molecule has 0 fully saturated rings. The predicted molar refractivity (Wildman–Crippen MR) is 104 cm³/mol. The minimum Gasteiger partial charge on any atom is -0.349 e. The highest BCUT2D eigenvalue weighted by atomic mass is 19.1. The van der Waals surface area contributed by atoms with Crippen LogP contribution >= 0.6 is 0 Å². The number of nitrogens with one attached hydrogen (secondary N) is 1. The zero-order chi connectivity index (χ0) is 19.2. The molecule has 0 saturated heterocycles. The molecule has 3 nitrogen and oxygen atoms in total. The number of fused-ring (bicyclic) bond motifs is 1. The minimum absolute atomic E-state index is 0.0364. The molecule has 4 heteroatoms. The smallest absolute Gasteiger partial charge is 0.220 e. The van der Waals surface area contributed by atoms with E-state index in [9.17, 15) is 14.0 Å². The Balaban J connectivity index is 1.57. The average molecular weight is 367 g/mol. The van der Waals surface area contributed by atoms with Crippen molar-refractivity contribution in [2.45, 2.75) is 57.9 Å². The third-order valence-corrected chi connectivity index (χ3v) is 5.26. The fourth-order valence-corrected chi connectivity index (χ4v) is 3.66. The molecule has 0 radical (unpaired) electrons. The molecule has 3 rings (SSSR count). The van der Waals surface area contributed by atoms with Crippen molar-refractivity contribution in [1.29, 1.82) is 0 Å². The number of benzene rings is 2. The molecule has 2 aromatic rings. The van der Waals surface area contributed by atoms with Gasteiger partial charge in [0.05, 0.1) is 6.04 Å². The summed E-state index contributed by atoms with van der Waals surface area (Å²) in [5, 5.41) is 3.05. The van der Waals surface area contributed by atoms with Gasteiger partial charge in [-0.25, -0.2) is 4.39 Å². The molecule has 0 spiro atoms. The summed E-state index contributed by atoms with van der Waals surface area (Å²) >= 11 is 0. The number of hydrogen-bond acceptors (Lipinski definition) is 2. The predicted octanol–water partition coefficient (Wildman–Crippen LogP) is 4.93. The molecule has 1 atom stereocenters. The van der Waals surface area contributed by atoms with Crippen LogP contribution in [0, 0.1) is 5.82 Å². The van der Waals surface area contributed by atoms with Gasteiger partial charge in [-0.2, -0.15) is 0 Å². The first kappa shape index (κ1) is 19.3. The van der Waals surface area contributed by atoms with Gasteiger partial charge in [0.25, 0.3) is 0 Å². The van der Waals surface area contributed by atoms with E-state index in [1.165, 1.54) is 48.2 Å². The van der Waals surface area contributed by atoms with Crippen LogP contribution in [0.4, 0.5) is 4.39 Å². The number of rotatable bonds is 7. The van der Waals surface area contributed by atoms with Crippen molar-refractivity contribution in [3.05, 3.63) is 70.5 Å². The Labute approximate surface area is 160 Å². The van der Waals surface area contributed by atoms with E-state index in [-0.39, 0.29) is 36.4 Å². The molecule has 0 aromatic heterocycles. The molecule has 1 N–H and O–H groups in total. The van der Waals surface area contributed by atoms with Crippen molar-refractivity contribution >= 4 is 11.7 Å². The van der Waals surface area contributed by atoms with Crippen molar-refractivity contribution in [2.24, 2.45) is 0 Å². The van der Waals surface area contributed by atoms with Crippen molar-refractivity contribution in [2.75, 3.05) is 0 Å². The molecule has 1 aliphatic carbocycles. The van der Waals surface area contributed by atoms with Gasteiger partial charge in [0.1, 0.15) is 5.82 Å². The van der Waals surface area contributed by atoms with Gasteiger partial charge in [-0.3, -0.25) is 9.59 Å². The summed E-state index contributed by atoms with van der Waals surface area (Å²) in [5.74, 6) is -0.651. The number of hydrogen-bond donors (Lipinski definition) is 1. The second-order valence-corrected chi connectivity index (χ2v) is 7.19. The van der Waals surface area contributed by atoms with Crippen LogP contribution in [0.5, 0.6) is 0 Å². The lowest BCUT2D eigenvalue weighted by molar-refractivity contribution is -0.121. The van der Waals surface area contributed by atoms with Crippen molar-refractivity contribution < 1.29 is 14.0 Å². The summed E-state index contributed by atoms with van der Waals surface area (Å²) in [6.45, 7) is 2.05. The van der Waals surface area contributed by atoms with Gasteiger partial charge in [-0.15, -0.1) is 0 Å². The van der Waals surface area contributed by atoms with Gasteiger partial charge in [0.15, 0.2) is 5.78 Å². The quantitative estimate of drug-likeness (QED) is 0.705. The SMILES string of the molecule is CCC(NC(=O)CCC(=O)c1ccc(F)cc1)c1ccc2c(c1)CCCC2. The molecule has 0 heterocycles. The highest BCUT2D eigenvalue weighted by Gasteiger charge is 2.17. The van der Waals surface area contributed by atoms with E-state index in [4.69, 9.17) is 0 Å². The fourth-order valence-electron chi connectivity index (χ4n) is 3.66. The first-order chi connectivity index (χ1) is 13.1. The molecular weight excluding hydrogens is 341 g/mol. The summed E-state index contributed by atoms with van der Waals surface area (Å²) in [6, 6.07) is 11.9. The maximum atomic E-state index is 12.9. The van der Waals surface area contributed by atoms with E-state index < -0.39 is 0 Å². The van der Waals surface area contributed by atoms with Gasteiger partial charge in [-0.1, -0.05) is 25.1 Å². The summed E-state index contributed by atoms with van der Waals surface area (Å²) in [4.78, 5) is 24.5. The number of amides is 1. The highest BCUT2D eigenvalue weighted by molar-refractivity contribution is 5.97. The lowest BCUT2D eigenvalue weighted by Crippen LogP contribution is -2.28. The number of Topliss-reactive ketones (excluding diaryl/α,β-unsaturated/α-hetero) is 1. The maximum Gasteiger partial charge on any atom is 0.220 e. The molecule has 2 aromatic carbocycles. The maximum absolute atomic E-state index is 12.9. The fraction of sp³-hybridized carbons (Fsp3) is 0.391. The third-order valence-electron chi connectivity index (χ3n) is 5.26. The van der Waals surface area contributed by atoms with Crippen LogP contribution in [0.1, 0.15) is 72.1 Å². The first-order valence-electron chi connectivity index (χ1n) is 9.76. The Kier molecular flexibility index (Phi) is 6.38. The molecule has 0 saturated carbocycles. The van der Waals surface area contributed by atoms with Crippen LogP contribution in [-0.2, 0) is 17.6 Å². The highest BCUT2D eigenvalue weighted by Crippen LogP contribution is 2.26. The second kappa shape index (κ2) is 8.94. The molecule has 142 valence electrons. The number of halogens is 1. The van der Waals surface area contributed by atoms with Gasteiger partial charge in [-0.05, 0) is 73.1 Å². The first-order valence-corrected chi connectivity index (χ1v) is 9.76. The Morgan fingerprint density at radius 3 is 2.41 bits per heavy atom. The van der Waals surface area contributed by atoms with Gasteiger partial charge >= 0.3 is 0 Å². The third kappa shape index (κ3) is 5.03. The molecule has 1 aliphatic rings. The van der Waals surface area contributed by atoms with Gasteiger partial charge in [0.2, 0.25) is 5.91 Å². The summed E-state index contributed by atoms with van der Waals surface area (Å²) in [6.07, 6.45) is 5.80. The largest absolute Gasteiger partial charge is 0.349 e. The standard InChI is InChI=1S/C23H26FNO2/c1-2-21(19-8-7-16-5-3-4-6-18(16)15-19)25-23(27)14-13-22(26)17-9-11-20(24)12-10-17/h7-12,15,21H,2-6,13-14H2,1H3,(H,25,27). The average Bonchev–Trinajstić information content (AvgIpc) is 2.70. The normalized spacial score (nSPS) is 14.3. The Bertz CT molecular complexity index is 814. The molecule has 1 unspecified atom stereocenters. The number of carbonyl (C=O) groups excluding carboxylic acids is 2. The Morgan fingerprint density at radius 1 is 1.00 bits per heavy atom. The van der Waals surface area contributed by atoms with Crippen LogP contribution in [0.3, 0.4) is 0 Å². The second-order valence-electron chi connectivity index (χ2n) is 7.19. The lowest BCUT2D eigenvalue weighted by atomic mass is 9.88. The van der Waals surface area contributed by atoms with E-state index >= 15 is 0 Å². The lowest BCUT2D eigenvalue weighted by Gasteiger charge is -2.21. The summed E-state index contributed by atoms with van der Waals surface area (Å²) in [5.41, 5.74) is 4.40. The zero-order valence-corrected chi connectivity index (χ0v) is 15.8. The topological polar surface area (TPSA) is 46.2 Å². The van der Waals surface area contributed by atoms with Crippen LogP contribution in [0.15, 0.2) is 42.5 Å². The Morgan fingerprint density at radius 2 is 1.70 bits per heavy atom. The monoisotopic (exact) mass is 367 g/mol. The molecule has 0 aliphatic heterocycles. The van der Waals surface area contributed by atoms with Gasteiger partial charge in [0, 0.05) is 18.4 Å². The Hall–Kier alpha value is -2.49. The van der Waals surface area contributed by atoms with E-state index in [2.05, 4.69) is 23.5 Å². The summed E-state index contributed by atoms with van der Waals surface area (Å²) in [7, 11) is 0. The van der Waals surface area contributed by atoms with Crippen LogP contribution in [0.2, 0.25) is 0 Å². The zero-order valence-electron chi connectivity index (χ0n) is 15.8. The summed E-state index contributed by atoms with van der Waals surface area (Å²) < 4.78 is 12.9. The van der Waals surface area contributed by atoms with E-state index in [0.29, 0.717) is 5.56 Å². The van der Waals surface area contributed by atoms with Crippen LogP contribution in [-0.4, -0.2) is 11.7 Å². The van der Waals surface area contributed by atoms with Crippen molar-refractivity contribution in [3.8, 4) is 0 Å². The molecule has 0 bridgehead atoms. The number of ketones is 1. The van der Waals surface area contributed by atoms with Crippen molar-refractivity contribution in [3.63, 3.8) is 0 Å². The minimum atomic E-state index is -0.375. The molecule has 27 heavy (non-hydrogen) atoms. The van der Waals surface area contributed by atoms with Crippen LogP contribution < -0.4 is 5.32 Å². The van der Waals surface area contributed by atoms with E-state index in [1.54, 1.807) is 0 Å². The van der Waals surface area contributed by atoms with E-state index in [1.807, 2.05) is 6.92 Å². The van der Waals surface area contributed by atoms with E-state index in [0.717, 1.165) is 24.8 Å². The molecular formula is C23H26FNO2.